The third kappa shape index (κ3) is 3.26. The van der Waals surface area contributed by atoms with Crippen LogP contribution in [0.4, 0.5) is 0 Å². The molecule has 0 atom stereocenters. The fourth-order valence-corrected chi connectivity index (χ4v) is 9.94. The Morgan fingerprint density at radius 3 is 1.42 bits per heavy atom. The SMILES string of the molecule is CC(C)c1ccc(S(c2ccccc2)(c2ccccc2)P(=O)(O)O)cc1. The number of rotatable bonds is 5. The molecular weight excluding hydrogens is 363 g/mol. The van der Waals surface area contributed by atoms with E-state index < -0.39 is 16.4 Å². The second kappa shape index (κ2) is 7.42. The molecule has 26 heavy (non-hydrogen) atoms. The predicted molar refractivity (Wildman–Crippen MR) is 108 cm³/mol. The standard InChI is InChI=1S/C21H23O3PS/c1-17(2)18-13-15-21(16-14-18)26(25(22,23)24,19-9-5-3-6-10-19)20-11-7-4-8-12-20/h3-17H,1-2H3,(H2,22,23,24). The van der Waals surface area contributed by atoms with Crippen LogP contribution < -0.4 is 0 Å². The molecule has 0 saturated heterocycles. The number of hydrogen-bond acceptors (Lipinski definition) is 1. The normalized spacial score (nSPS) is 13.0. The summed E-state index contributed by atoms with van der Waals surface area (Å²) in [6.07, 6.45) is 0. The van der Waals surface area contributed by atoms with Crippen LogP contribution in [-0.2, 0) is 4.57 Å². The summed E-state index contributed by atoms with van der Waals surface area (Å²) in [5, 5.41) is 0. The fourth-order valence-electron chi connectivity index (χ4n) is 3.10. The van der Waals surface area contributed by atoms with Crippen molar-refractivity contribution in [3.63, 3.8) is 0 Å². The van der Waals surface area contributed by atoms with E-state index in [-0.39, 0.29) is 0 Å². The van der Waals surface area contributed by atoms with Crippen molar-refractivity contribution in [1.82, 2.24) is 0 Å². The Hall–Kier alpha value is -1.84. The van der Waals surface area contributed by atoms with Gasteiger partial charge in [0.1, 0.15) is 0 Å². The zero-order valence-electron chi connectivity index (χ0n) is 14.8. The van der Waals surface area contributed by atoms with Gasteiger partial charge in [-0.25, -0.2) is 4.57 Å². The van der Waals surface area contributed by atoms with Gasteiger partial charge in [0.05, 0.1) is 0 Å². The lowest BCUT2D eigenvalue weighted by Gasteiger charge is -2.41. The van der Waals surface area contributed by atoms with Crippen LogP contribution in [0.15, 0.2) is 99.6 Å². The molecule has 0 radical (unpaired) electrons. The van der Waals surface area contributed by atoms with Crippen molar-refractivity contribution in [2.24, 2.45) is 0 Å². The Morgan fingerprint density at radius 2 is 1.08 bits per heavy atom. The van der Waals surface area contributed by atoms with Crippen molar-refractivity contribution in [3.05, 3.63) is 90.5 Å². The highest BCUT2D eigenvalue weighted by molar-refractivity contribution is 8.76. The molecule has 136 valence electrons. The average Bonchev–Trinajstić information content (AvgIpc) is 2.63. The Labute approximate surface area is 155 Å². The molecule has 0 aliphatic heterocycles. The molecule has 3 aromatic carbocycles. The van der Waals surface area contributed by atoms with Gasteiger partial charge in [-0.15, -0.1) is 0 Å². The fraction of sp³-hybridized carbons (Fsp3) is 0.143. The third-order valence-electron chi connectivity index (χ3n) is 4.41. The van der Waals surface area contributed by atoms with Gasteiger partial charge in [-0.2, -0.15) is 0 Å². The summed E-state index contributed by atoms with van der Waals surface area (Å²) < 4.78 is 13.0. The highest BCUT2D eigenvalue weighted by Crippen LogP contribution is 2.88. The van der Waals surface area contributed by atoms with Gasteiger partial charge in [0.25, 0.3) is 0 Å². The van der Waals surface area contributed by atoms with Crippen molar-refractivity contribution in [2.45, 2.75) is 34.5 Å². The molecule has 0 unspecified atom stereocenters. The Bertz CT molecular complexity index is 864. The van der Waals surface area contributed by atoms with E-state index in [9.17, 15) is 14.4 Å². The molecule has 3 rings (SSSR count). The van der Waals surface area contributed by atoms with E-state index in [1.54, 1.807) is 0 Å². The smallest absolute Gasteiger partial charge is 0.317 e. The summed E-state index contributed by atoms with van der Waals surface area (Å²) in [6, 6.07) is 26.0. The summed E-state index contributed by atoms with van der Waals surface area (Å²) in [7, 11) is -2.72. The molecule has 3 aromatic rings. The first-order valence-corrected chi connectivity index (χ1v) is 12.3. The minimum Gasteiger partial charge on any atom is -0.317 e. The maximum absolute atomic E-state index is 13.0. The summed E-state index contributed by atoms with van der Waals surface area (Å²) in [6.45, 7) is -0.321. The van der Waals surface area contributed by atoms with Crippen LogP contribution >= 0.6 is 16.4 Å². The summed E-state index contributed by atoms with van der Waals surface area (Å²) >= 11 is 0. The Balaban J connectivity index is 2.36. The van der Waals surface area contributed by atoms with Gasteiger partial charge in [0.15, 0.2) is 0 Å². The highest BCUT2D eigenvalue weighted by atomic mass is 32.8. The lowest BCUT2D eigenvalue weighted by atomic mass is 10.0. The van der Waals surface area contributed by atoms with Crippen LogP contribution in [0, 0.1) is 0 Å². The van der Waals surface area contributed by atoms with Gasteiger partial charge in [0.2, 0.25) is 0 Å². The molecule has 0 fully saturated rings. The maximum Gasteiger partial charge on any atom is 0.378 e. The van der Waals surface area contributed by atoms with Crippen LogP contribution in [0.25, 0.3) is 0 Å². The van der Waals surface area contributed by atoms with Crippen LogP contribution in [0.1, 0.15) is 25.3 Å². The first-order valence-electron chi connectivity index (χ1n) is 8.46. The van der Waals surface area contributed by atoms with E-state index in [0.717, 1.165) is 5.56 Å². The van der Waals surface area contributed by atoms with E-state index in [0.29, 0.717) is 20.6 Å². The lowest BCUT2D eigenvalue weighted by Crippen LogP contribution is -2.05. The molecular formula is C21H23O3PS. The van der Waals surface area contributed by atoms with Gasteiger partial charge in [-0.1, -0.05) is 72.0 Å². The monoisotopic (exact) mass is 386 g/mol. The third-order valence-corrected chi connectivity index (χ3v) is 12.0. The van der Waals surface area contributed by atoms with Crippen LogP contribution in [0.2, 0.25) is 0 Å². The van der Waals surface area contributed by atoms with Crippen LogP contribution in [-0.4, -0.2) is 9.79 Å². The van der Waals surface area contributed by atoms with Gasteiger partial charge >= 0.3 is 6.80 Å². The van der Waals surface area contributed by atoms with Gasteiger partial charge < -0.3 is 9.79 Å². The molecule has 0 aliphatic carbocycles. The van der Waals surface area contributed by atoms with Crippen LogP contribution in [0.5, 0.6) is 0 Å². The van der Waals surface area contributed by atoms with Gasteiger partial charge in [0, 0.05) is 14.7 Å². The molecule has 0 spiro atoms. The maximum atomic E-state index is 13.0. The zero-order chi connectivity index (χ0) is 18.8. The molecule has 3 nitrogen and oxygen atoms in total. The van der Waals surface area contributed by atoms with E-state index in [1.807, 2.05) is 84.9 Å². The number of hydrogen-bond donors (Lipinski definition) is 2. The first kappa shape index (κ1) is 18.9. The average molecular weight is 386 g/mol. The van der Waals surface area contributed by atoms with Crippen molar-refractivity contribution >= 4 is 16.4 Å². The van der Waals surface area contributed by atoms with Crippen molar-refractivity contribution in [2.75, 3.05) is 0 Å². The Morgan fingerprint density at radius 1 is 0.692 bits per heavy atom. The van der Waals surface area contributed by atoms with Gasteiger partial charge in [-0.3, -0.25) is 0 Å². The zero-order valence-corrected chi connectivity index (χ0v) is 16.5. The highest BCUT2D eigenvalue weighted by Gasteiger charge is 2.46. The predicted octanol–water partition coefficient (Wildman–Crippen LogP) is 6.18. The second-order valence-electron chi connectivity index (χ2n) is 6.42. The quantitative estimate of drug-likeness (QED) is 0.515. The topological polar surface area (TPSA) is 57.5 Å². The van der Waals surface area contributed by atoms with Crippen molar-refractivity contribution in [1.29, 1.82) is 0 Å². The minimum absolute atomic E-state index is 0.358. The molecule has 2 N–H and O–H groups in total. The van der Waals surface area contributed by atoms with E-state index in [4.69, 9.17) is 0 Å². The molecule has 0 bridgehead atoms. The number of benzene rings is 3. The summed E-state index contributed by atoms with van der Waals surface area (Å²) in [5.74, 6) is 0.358. The molecule has 0 amide bonds. The second-order valence-corrected chi connectivity index (χ2v) is 13.0. The molecule has 0 heterocycles. The summed E-state index contributed by atoms with van der Waals surface area (Å²) in [4.78, 5) is 23.2. The van der Waals surface area contributed by atoms with Gasteiger partial charge in [-0.05, 0) is 47.9 Å². The molecule has 5 heteroatoms. The largest absolute Gasteiger partial charge is 0.378 e. The van der Waals surface area contributed by atoms with E-state index in [2.05, 4.69) is 13.8 Å². The van der Waals surface area contributed by atoms with E-state index >= 15 is 0 Å². The van der Waals surface area contributed by atoms with Crippen molar-refractivity contribution in [3.8, 4) is 0 Å². The molecule has 0 aromatic heterocycles. The molecule has 0 aliphatic rings. The van der Waals surface area contributed by atoms with E-state index in [1.165, 1.54) is 0 Å². The Kier molecular flexibility index (Phi) is 5.40. The molecule has 0 saturated carbocycles. The lowest BCUT2D eigenvalue weighted by molar-refractivity contribution is 0.395. The van der Waals surface area contributed by atoms with Crippen LogP contribution in [0.3, 0.4) is 0 Å². The first-order chi connectivity index (χ1) is 12.4. The summed E-state index contributed by atoms with van der Waals surface area (Å²) in [5.41, 5.74) is 1.15. The minimum atomic E-state index is -4.53. The van der Waals surface area contributed by atoms with Crippen molar-refractivity contribution < 1.29 is 14.4 Å².